The molecule has 0 unspecified atom stereocenters. The monoisotopic (exact) mass is 768 g/mol. The molecular weight excluding hydrogens is 725 g/mol. The zero-order valence-corrected chi connectivity index (χ0v) is 34.4. The molecular formula is C58H44N2. The van der Waals surface area contributed by atoms with Gasteiger partial charge in [0.2, 0.25) is 0 Å². The third kappa shape index (κ3) is 4.88. The molecule has 9 aromatic carbocycles. The number of hydrogen-bond acceptors (Lipinski definition) is 1. The van der Waals surface area contributed by atoms with Crippen LogP contribution in [0.4, 0.5) is 17.1 Å². The fourth-order valence-corrected chi connectivity index (χ4v) is 10.9. The van der Waals surface area contributed by atoms with E-state index in [4.69, 9.17) is 0 Å². The van der Waals surface area contributed by atoms with E-state index in [1.807, 2.05) is 0 Å². The van der Waals surface area contributed by atoms with Crippen LogP contribution < -0.4 is 4.90 Å². The summed E-state index contributed by atoms with van der Waals surface area (Å²) in [6.45, 7) is 9.50. The quantitative estimate of drug-likeness (QED) is 0.169. The van der Waals surface area contributed by atoms with Crippen LogP contribution in [0.2, 0.25) is 0 Å². The molecule has 0 saturated heterocycles. The third-order valence-corrected chi connectivity index (χ3v) is 13.8. The molecule has 60 heavy (non-hydrogen) atoms. The maximum absolute atomic E-state index is 2.54. The van der Waals surface area contributed by atoms with Crippen LogP contribution >= 0.6 is 0 Å². The third-order valence-electron chi connectivity index (χ3n) is 13.8. The zero-order valence-electron chi connectivity index (χ0n) is 34.4. The van der Waals surface area contributed by atoms with Crippen molar-refractivity contribution in [3.8, 4) is 39.1 Å². The Labute approximate surface area is 351 Å². The molecule has 0 amide bonds. The molecule has 0 fully saturated rings. The summed E-state index contributed by atoms with van der Waals surface area (Å²) in [4.78, 5) is 2.54. The topological polar surface area (TPSA) is 8.17 Å². The van der Waals surface area contributed by atoms with Crippen molar-refractivity contribution < 1.29 is 0 Å². The number of hydrogen-bond donors (Lipinski definition) is 0. The minimum Gasteiger partial charge on any atom is -0.310 e. The highest BCUT2D eigenvalue weighted by molar-refractivity contribution is 6.09. The van der Waals surface area contributed by atoms with E-state index in [0.717, 1.165) is 17.1 Å². The highest BCUT2D eigenvalue weighted by Gasteiger charge is 2.39. The molecule has 12 rings (SSSR count). The number of rotatable bonds is 5. The SMILES string of the molecule is CC1(C)c2ccccc2-c2ccc(N(c3cc(-c4cccc(-n5c6ccccc6c6ccccc65)c4)c4ccccc4c3)c3cccc4c3-c3ccccc3C4(C)C)cc21. The zero-order chi connectivity index (χ0) is 40.3. The van der Waals surface area contributed by atoms with Crippen molar-refractivity contribution in [3.05, 3.63) is 216 Å². The van der Waals surface area contributed by atoms with Gasteiger partial charge in [0.15, 0.2) is 0 Å². The van der Waals surface area contributed by atoms with Gasteiger partial charge in [-0.1, -0.05) is 167 Å². The van der Waals surface area contributed by atoms with Gasteiger partial charge in [0.1, 0.15) is 0 Å². The van der Waals surface area contributed by atoms with E-state index in [1.54, 1.807) is 0 Å². The Kier molecular flexibility index (Phi) is 7.36. The molecule has 0 bridgehead atoms. The van der Waals surface area contributed by atoms with Crippen LogP contribution in [0.5, 0.6) is 0 Å². The van der Waals surface area contributed by atoms with Gasteiger partial charge in [-0.25, -0.2) is 0 Å². The Morgan fingerprint density at radius 2 is 0.967 bits per heavy atom. The number of aromatic nitrogens is 1. The molecule has 2 nitrogen and oxygen atoms in total. The summed E-state index contributed by atoms with van der Waals surface area (Å²) < 4.78 is 2.42. The summed E-state index contributed by atoms with van der Waals surface area (Å²) in [5.74, 6) is 0. The average molecular weight is 769 g/mol. The summed E-state index contributed by atoms with van der Waals surface area (Å²) in [5.41, 5.74) is 19.9. The lowest BCUT2D eigenvalue weighted by atomic mass is 9.82. The molecule has 0 atom stereocenters. The van der Waals surface area contributed by atoms with E-state index in [2.05, 4.69) is 231 Å². The summed E-state index contributed by atoms with van der Waals surface area (Å²) in [7, 11) is 0. The molecule has 1 heterocycles. The standard InChI is InChI=1S/C58H44N2/c1-57(2)50-26-12-8-24-47(50)56-51(57)27-16-30-55(56)59(40-31-32-44-43-21-7-11-25-49(43)58(3,4)52(44)36-40)41-34-37-17-5-6-20-42(37)48(35-41)38-18-15-19-39(33-38)60-53-28-13-9-22-45(53)46-23-10-14-29-54(46)60/h5-36H,1-4H3. The van der Waals surface area contributed by atoms with Gasteiger partial charge in [-0.15, -0.1) is 0 Å². The lowest BCUT2D eigenvalue weighted by Gasteiger charge is -2.31. The fraction of sp³-hybridized carbons (Fsp3) is 0.103. The second kappa shape index (κ2) is 12.7. The van der Waals surface area contributed by atoms with Gasteiger partial charge < -0.3 is 9.47 Å². The second-order valence-corrected chi connectivity index (χ2v) is 17.7. The molecule has 0 aliphatic heterocycles. The molecule has 0 saturated carbocycles. The summed E-state index contributed by atoms with van der Waals surface area (Å²) in [6, 6.07) is 72.4. The molecule has 2 heteroatoms. The highest BCUT2D eigenvalue weighted by atomic mass is 15.1. The summed E-state index contributed by atoms with van der Waals surface area (Å²) >= 11 is 0. The van der Waals surface area contributed by atoms with Crippen LogP contribution in [0.25, 0.3) is 71.6 Å². The molecule has 0 radical (unpaired) electrons. The van der Waals surface area contributed by atoms with Gasteiger partial charge in [0, 0.05) is 44.2 Å². The molecule has 286 valence electrons. The van der Waals surface area contributed by atoms with Crippen LogP contribution in [0.15, 0.2) is 194 Å². The predicted octanol–water partition coefficient (Wildman–Crippen LogP) is 15.7. The largest absolute Gasteiger partial charge is 0.310 e. The predicted molar refractivity (Wildman–Crippen MR) is 254 cm³/mol. The van der Waals surface area contributed by atoms with Gasteiger partial charge in [-0.3, -0.25) is 0 Å². The van der Waals surface area contributed by atoms with Crippen LogP contribution in [0.1, 0.15) is 49.9 Å². The van der Waals surface area contributed by atoms with Crippen LogP contribution in [0, 0.1) is 0 Å². The lowest BCUT2D eigenvalue weighted by Crippen LogP contribution is -2.17. The molecule has 10 aromatic rings. The van der Waals surface area contributed by atoms with Gasteiger partial charge in [0.05, 0.1) is 16.7 Å². The number of benzene rings is 9. The first-order valence-electron chi connectivity index (χ1n) is 21.2. The Balaban J connectivity index is 1.11. The van der Waals surface area contributed by atoms with E-state index < -0.39 is 0 Å². The number of anilines is 3. The average Bonchev–Trinajstić information content (AvgIpc) is 3.83. The van der Waals surface area contributed by atoms with E-state index in [-0.39, 0.29) is 10.8 Å². The highest BCUT2D eigenvalue weighted by Crippen LogP contribution is 2.56. The minimum atomic E-state index is -0.136. The second-order valence-electron chi connectivity index (χ2n) is 17.7. The Hall–Kier alpha value is -7.16. The molecule has 0 N–H and O–H groups in total. The van der Waals surface area contributed by atoms with Crippen molar-refractivity contribution in [2.75, 3.05) is 4.90 Å². The van der Waals surface area contributed by atoms with Crippen molar-refractivity contribution in [2.45, 2.75) is 38.5 Å². The minimum absolute atomic E-state index is 0.128. The maximum Gasteiger partial charge on any atom is 0.0543 e. The smallest absolute Gasteiger partial charge is 0.0543 e. The molecule has 2 aliphatic carbocycles. The number of nitrogens with zero attached hydrogens (tertiary/aromatic N) is 2. The lowest BCUT2D eigenvalue weighted by molar-refractivity contribution is 0.660. The molecule has 2 aliphatic rings. The summed E-state index contributed by atoms with van der Waals surface area (Å²) in [5, 5.41) is 4.97. The maximum atomic E-state index is 2.54. The van der Waals surface area contributed by atoms with Crippen molar-refractivity contribution in [1.29, 1.82) is 0 Å². The normalized spacial score (nSPS) is 14.3. The van der Waals surface area contributed by atoms with Gasteiger partial charge in [-0.05, 0) is 115 Å². The summed E-state index contributed by atoms with van der Waals surface area (Å²) in [6.07, 6.45) is 0. The first-order chi connectivity index (χ1) is 29.3. The number of fused-ring (bicyclic) bond motifs is 10. The van der Waals surface area contributed by atoms with E-state index >= 15 is 0 Å². The number of para-hydroxylation sites is 2. The Morgan fingerprint density at radius 1 is 0.383 bits per heavy atom. The van der Waals surface area contributed by atoms with Crippen molar-refractivity contribution in [2.24, 2.45) is 0 Å². The van der Waals surface area contributed by atoms with Crippen molar-refractivity contribution in [1.82, 2.24) is 4.57 Å². The first-order valence-corrected chi connectivity index (χ1v) is 21.2. The van der Waals surface area contributed by atoms with Gasteiger partial charge >= 0.3 is 0 Å². The van der Waals surface area contributed by atoms with Crippen molar-refractivity contribution >= 4 is 49.6 Å². The Bertz CT molecular complexity index is 3340. The van der Waals surface area contributed by atoms with Crippen LogP contribution in [0.3, 0.4) is 0 Å². The first kappa shape index (κ1) is 34.8. The molecule has 1 aromatic heterocycles. The fourth-order valence-electron chi connectivity index (χ4n) is 10.9. The Morgan fingerprint density at radius 3 is 1.73 bits per heavy atom. The van der Waals surface area contributed by atoms with Crippen molar-refractivity contribution in [3.63, 3.8) is 0 Å². The van der Waals surface area contributed by atoms with Crippen LogP contribution in [-0.2, 0) is 10.8 Å². The van der Waals surface area contributed by atoms with E-state index in [9.17, 15) is 0 Å². The van der Waals surface area contributed by atoms with Crippen LogP contribution in [-0.4, -0.2) is 4.57 Å². The van der Waals surface area contributed by atoms with Gasteiger partial charge in [0.25, 0.3) is 0 Å². The molecule has 0 spiro atoms. The van der Waals surface area contributed by atoms with E-state index in [1.165, 1.54) is 93.9 Å². The van der Waals surface area contributed by atoms with E-state index in [0.29, 0.717) is 0 Å². The van der Waals surface area contributed by atoms with Gasteiger partial charge in [-0.2, -0.15) is 0 Å².